The lowest BCUT2D eigenvalue weighted by Crippen LogP contribution is -2.48. The second kappa shape index (κ2) is 5.92. The number of ether oxygens (including phenoxy) is 1. The maximum absolute atomic E-state index is 12.5. The number of morpholine rings is 1. The van der Waals surface area contributed by atoms with Gasteiger partial charge in [-0.3, -0.25) is 4.79 Å². The van der Waals surface area contributed by atoms with Crippen LogP contribution in [0.3, 0.4) is 0 Å². The number of carbonyl (C=O) groups is 1. The van der Waals surface area contributed by atoms with Crippen molar-refractivity contribution in [3.8, 4) is 0 Å². The Labute approximate surface area is 128 Å². The van der Waals surface area contributed by atoms with Crippen LogP contribution in [0.4, 0.5) is 0 Å². The van der Waals surface area contributed by atoms with Crippen LogP contribution in [-0.4, -0.2) is 30.0 Å². The molecular weight excluding hydrogens is 290 g/mol. The number of furan rings is 1. The summed E-state index contributed by atoms with van der Waals surface area (Å²) in [5.41, 5.74) is 1.55. The molecule has 2 aromatic rings. The topological polar surface area (TPSA) is 42.7 Å². The van der Waals surface area contributed by atoms with Crippen LogP contribution < -0.4 is 0 Å². The number of hydrogen-bond donors (Lipinski definition) is 0. The summed E-state index contributed by atoms with van der Waals surface area (Å²) >= 11 is 6.02. The Morgan fingerprint density at radius 2 is 2.24 bits per heavy atom. The van der Waals surface area contributed by atoms with Crippen molar-refractivity contribution in [2.45, 2.75) is 19.1 Å². The Balaban J connectivity index is 1.80. The smallest absolute Gasteiger partial charge is 0.257 e. The van der Waals surface area contributed by atoms with Crippen molar-refractivity contribution in [3.63, 3.8) is 0 Å². The van der Waals surface area contributed by atoms with Crippen LogP contribution in [0.5, 0.6) is 0 Å². The van der Waals surface area contributed by atoms with E-state index in [1.807, 2.05) is 36.1 Å². The number of halogens is 1. The van der Waals surface area contributed by atoms with Gasteiger partial charge in [0, 0.05) is 5.02 Å². The molecule has 1 aromatic heterocycles. The molecular formula is C16H16ClNO3. The third kappa shape index (κ3) is 2.96. The molecule has 5 heteroatoms. The van der Waals surface area contributed by atoms with E-state index < -0.39 is 0 Å². The van der Waals surface area contributed by atoms with Crippen molar-refractivity contribution < 1.29 is 13.9 Å². The molecule has 2 heterocycles. The van der Waals surface area contributed by atoms with Crippen LogP contribution in [0.25, 0.3) is 0 Å². The van der Waals surface area contributed by atoms with Gasteiger partial charge in [-0.2, -0.15) is 0 Å². The molecule has 0 bridgehead atoms. The molecule has 0 aliphatic carbocycles. The van der Waals surface area contributed by atoms with Crippen LogP contribution in [0, 0.1) is 0 Å². The largest absolute Gasteiger partial charge is 0.472 e. The average Bonchev–Trinajstić information content (AvgIpc) is 3.01. The molecule has 4 nitrogen and oxygen atoms in total. The van der Waals surface area contributed by atoms with Crippen molar-refractivity contribution in [2.24, 2.45) is 0 Å². The van der Waals surface area contributed by atoms with Gasteiger partial charge < -0.3 is 14.1 Å². The highest BCUT2D eigenvalue weighted by atomic mass is 35.5. The summed E-state index contributed by atoms with van der Waals surface area (Å²) in [5.74, 6) is -0.0356. The van der Waals surface area contributed by atoms with Gasteiger partial charge >= 0.3 is 0 Å². The minimum atomic E-state index is -0.157. The first kappa shape index (κ1) is 14.2. The van der Waals surface area contributed by atoms with Gasteiger partial charge in [-0.25, -0.2) is 0 Å². The predicted octanol–water partition coefficient (Wildman–Crippen LogP) is 3.54. The van der Waals surface area contributed by atoms with Crippen molar-refractivity contribution in [1.82, 2.24) is 4.90 Å². The average molecular weight is 306 g/mol. The van der Waals surface area contributed by atoms with Crippen LogP contribution in [0.15, 0.2) is 47.3 Å². The van der Waals surface area contributed by atoms with Crippen LogP contribution in [-0.2, 0) is 4.74 Å². The maximum Gasteiger partial charge on any atom is 0.257 e. The normalized spacial score (nSPS) is 22.3. The minimum absolute atomic E-state index is 0.0304. The Hall–Kier alpha value is -1.78. The lowest BCUT2D eigenvalue weighted by molar-refractivity contribution is -0.0486. The number of amides is 1. The summed E-state index contributed by atoms with van der Waals surface area (Å²) in [7, 11) is 0. The summed E-state index contributed by atoms with van der Waals surface area (Å²) in [5, 5.41) is 0.669. The number of benzene rings is 1. The van der Waals surface area contributed by atoms with E-state index in [1.165, 1.54) is 12.5 Å². The maximum atomic E-state index is 12.5. The second-order valence-corrected chi connectivity index (χ2v) is 5.63. The number of rotatable bonds is 2. The number of hydrogen-bond acceptors (Lipinski definition) is 3. The van der Waals surface area contributed by atoms with Crippen molar-refractivity contribution in [2.75, 3.05) is 13.2 Å². The van der Waals surface area contributed by atoms with Gasteiger partial charge in [0.1, 0.15) is 12.4 Å². The molecule has 0 saturated carbocycles. The Bertz CT molecular complexity index is 626. The fourth-order valence-electron chi connectivity index (χ4n) is 2.50. The molecule has 110 valence electrons. The molecule has 1 aliphatic rings. The van der Waals surface area contributed by atoms with E-state index in [1.54, 1.807) is 6.07 Å². The highest BCUT2D eigenvalue weighted by molar-refractivity contribution is 6.30. The molecule has 0 radical (unpaired) electrons. The van der Waals surface area contributed by atoms with Gasteiger partial charge in [-0.05, 0) is 30.7 Å². The molecule has 0 spiro atoms. The predicted molar refractivity (Wildman–Crippen MR) is 79.4 cm³/mol. The molecule has 1 saturated heterocycles. The minimum Gasteiger partial charge on any atom is -0.472 e. The Morgan fingerprint density at radius 3 is 2.95 bits per heavy atom. The quantitative estimate of drug-likeness (QED) is 0.852. The van der Waals surface area contributed by atoms with Crippen molar-refractivity contribution in [3.05, 3.63) is 59.0 Å². The first-order valence-electron chi connectivity index (χ1n) is 6.85. The molecule has 0 N–H and O–H groups in total. The van der Waals surface area contributed by atoms with Crippen LogP contribution in [0.1, 0.15) is 28.9 Å². The molecule has 21 heavy (non-hydrogen) atoms. The SMILES string of the molecule is C[C@@H]1CO[C@@H](c2cccc(Cl)c2)CN1C(=O)c1ccoc1. The van der Waals surface area contributed by atoms with E-state index in [2.05, 4.69) is 0 Å². The third-order valence-corrected chi connectivity index (χ3v) is 3.92. The van der Waals surface area contributed by atoms with Gasteiger partial charge in [0.2, 0.25) is 0 Å². The van der Waals surface area contributed by atoms with Gasteiger partial charge in [0.25, 0.3) is 5.91 Å². The monoisotopic (exact) mass is 305 g/mol. The molecule has 1 aromatic carbocycles. The number of carbonyl (C=O) groups excluding carboxylic acids is 1. The molecule has 1 amide bonds. The summed E-state index contributed by atoms with van der Waals surface area (Å²) in [6.45, 7) is 2.98. The molecule has 0 unspecified atom stereocenters. The van der Waals surface area contributed by atoms with Crippen molar-refractivity contribution >= 4 is 17.5 Å². The van der Waals surface area contributed by atoms with E-state index in [0.29, 0.717) is 23.7 Å². The van der Waals surface area contributed by atoms with Gasteiger partial charge in [0.15, 0.2) is 0 Å². The second-order valence-electron chi connectivity index (χ2n) is 5.20. The fraction of sp³-hybridized carbons (Fsp3) is 0.312. The first-order valence-corrected chi connectivity index (χ1v) is 7.23. The Kier molecular flexibility index (Phi) is 3.99. The van der Waals surface area contributed by atoms with E-state index in [0.717, 1.165) is 5.56 Å². The number of nitrogens with zero attached hydrogens (tertiary/aromatic N) is 1. The highest BCUT2D eigenvalue weighted by Gasteiger charge is 2.31. The molecule has 2 atom stereocenters. The lowest BCUT2D eigenvalue weighted by atomic mass is 10.1. The van der Waals surface area contributed by atoms with Gasteiger partial charge in [-0.15, -0.1) is 0 Å². The first-order chi connectivity index (χ1) is 10.1. The Morgan fingerprint density at radius 1 is 1.38 bits per heavy atom. The summed E-state index contributed by atoms with van der Waals surface area (Å²) in [6, 6.07) is 9.27. The van der Waals surface area contributed by atoms with E-state index >= 15 is 0 Å². The standard InChI is InChI=1S/C16H16ClNO3/c1-11-9-21-15(12-3-2-4-14(17)7-12)8-18(11)16(19)13-5-6-20-10-13/h2-7,10-11,15H,8-9H2,1H3/t11-,15-/m1/s1. The summed E-state index contributed by atoms with van der Waals surface area (Å²) in [4.78, 5) is 14.3. The zero-order valence-corrected chi connectivity index (χ0v) is 12.4. The fourth-order valence-corrected chi connectivity index (χ4v) is 2.70. The summed E-state index contributed by atoms with van der Waals surface area (Å²) < 4.78 is 10.8. The zero-order valence-electron chi connectivity index (χ0n) is 11.7. The zero-order chi connectivity index (χ0) is 14.8. The van der Waals surface area contributed by atoms with E-state index in [4.69, 9.17) is 20.8 Å². The third-order valence-electron chi connectivity index (χ3n) is 3.68. The summed E-state index contributed by atoms with van der Waals surface area (Å²) in [6.07, 6.45) is 2.82. The van der Waals surface area contributed by atoms with Gasteiger partial charge in [0.05, 0.1) is 31.0 Å². The van der Waals surface area contributed by atoms with E-state index in [-0.39, 0.29) is 18.1 Å². The molecule has 1 fully saturated rings. The molecule has 3 rings (SSSR count). The van der Waals surface area contributed by atoms with E-state index in [9.17, 15) is 4.79 Å². The molecule has 1 aliphatic heterocycles. The van der Waals surface area contributed by atoms with Gasteiger partial charge in [-0.1, -0.05) is 23.7 Å². The lowest BCUT2D eigenvalue weighted by Gasteiger charge is -2.38. The highest BCUT2D eigenvalue weighted by Crippen LogP contribution is 2.27. The van der Waals surface area contributed by atoms with Crippen LogP contribution >= 0.6 is 11.6 Å². The van der Waals surface area contributed by atoms with Crippen molar-refractivity contribution in [1.29, 1.82) is 0 Å². The van der Waals surface area contributed by atoms with Crippen LogP contribution in [0.2, 0.25) is 5.02 Å².